The van der Waals surface area contributed by atoms with E-state index < -0.39 is 11.7 Å². The summed E-state index contributed by atoms with van der Waals surface area (Å²) in [5.74, 6) is 0. The van der Waals surface area contributed by atoms with E-state index in [1.165, 1.54) is 0 Å². The van der Waals surface area contributed by atoms with Crippen LogP contribution >= 0.6 is 0 Å². The third kappa shape index (κ3) is 7.68. The Morgan fingerprint density at radius 1 is 1.35 bits per heavy atom. The Morgan fingerprint density at radius 2 is 1.85 bits per heavy atom. The number of β-amino-alcohol motifs (C(OH)–C–C–N with tert-alkyl or cyclic N) is 1. The summed E-state index contributed by atoms with van der Waals surface area (Å²) >= 11 is 0. The molecule has 1 rings (SSSR count). The van der Waals surface area contributed by atoms with Gasteiger partial charge >= 0.3 is 6.09 Å². The lowest BCUT2D eigenvalue weighted by molar-refractivity contribution is 0.0204. The Hall–Kier alpha value is -1.69. The smallest absolute Gasteiger partial charge is 0.410 e. The fourth-order valence-electron chi connectivity index (χ4n) is 1.90. The van der Waals surface area contributed by atoms with Crippen LogP contribution in [0, 0.1) is 25.7 Å². The van der Waals surface area contributed by atoms with Crippen molar-refractivity contribution in [3.8, 4) is 25.7 Å². The molecule has 5 nitrogen and oxygen atoms in total. The summed E-state index contributed by atoms with van der Waals surface area (Å²) < 4.78 is 5.28. The predicted octanol–water partition coefficient (Wildman–Crippen LogP) is 1.20. The van der Waals surface area contributed by atoms with Crippen molar-refractivity contribution in [3.63, 3.8) is 0 Å². The number of nitrogens with two attached hydrogens (primary N) is 1. The van der Waals surface area contributed by atoms with Gasteiger partial charge in [0.05, 0.1) is 12.6 Å². The number of carbonyl (C=O) groups excluding carboxylic acids is 1. The molecule has 3 N–H and O–H groups in total. The molecular formula is C15H26N2O3. The first kappa shape index (κ1) is 20.6. The minimum absolute atomic E-state index is 0.00912. The van der Waals surface area contributed by atoms with Gasteiger partial charge < -0.3 is 20.5 Å². The van der Waals surface area contributed by atoms with Crippen LogP contribution in [0.5, 0.6) is 0 Å². The number of terminal acetylenes is 2. The van der Waals surface area contributed by atoms with Crippen molar-refractivity contribution in [3.05, 3.63) is 0 Å². The molecule has 1 aliphatic rings. The zero-order valence-corrected chi connectivity index (χ0v) is 12.6. The van der Waals surface area contributed by atoms with Crippen molar-refractivity contribution < 1.29 is 14.6 Å². The lowest BCUT2D eigenvalue weighted by Crippen LogP contribution is -2.40. The summed E-state index contributed by atoms with van der Waals surface area (Å²) in [4.78, 5) is 13.4. The number of aliphatic hydroxyl groups excluding tert-OH is 1. The SMILES string of the molecule is C#C.C#C.CC(C)(C)OC(=O)N1CC(O)CC1CCN. The molecule has 0 aliphatic carbocycles. The number of amides is 1. The van der Waals surface area contributed by atoms with Crippen LogP contribution in [0.2, 0.25) is 0 Å². The van der Waals surface area contributed by atoms with Gasteiger partial charge in [-0.15, -0.1) is 25.7 Å². The van der Waals surface area contributed by atoms with Crippen molar-refractivity contribution in [1.29, 1.82) is 0 Å². The van der Waals surface area contributed by atoms with Crippen LogP contribution < -0.4 is 5.73 Å². The highest BCUT2D eigenvalue weighted by atomic mass is 16.6. The Balaban J connectivity index is 0. The standard InChI is InChI=1S/C11H22N2O3.2C2H2/c1-11(2,3)16-10(15)13-7-9(14)6-8(13)4-5-12;2*1-2/h8-9,14H,4-7,12H2,1-3H3;2*1-2H. The van der Waals surface area contributed by atoms with Crippen molar-refractivity contribution >= 4 is 6.09 Å². The molecule has 20 heavy (non-hydrogen) atoms. The van der Waals surface area contributed by atoms with Gasteiger partial charge in [-0.3, -0.25) is 0 Å². The first-order valence-electron chi connectivity index (χ1n) is 6.38. The molecule has 0 aromatic heterocycles. The van der Waals surface area contributed by atoms with Gasteiger partial charge in [0.2, 0.25) is 0 Å². The van der Waals surface area contributed by atoms with E-state index in [-0.39, 0.29) is 12.1 Å². The molecule has 2 unspecified atom stereocenters. The van der Waals surface area contributed by atoms with E-state index in [2.05, 4.69) is 25.7 Å². The molecule has 114 valence electrons. The van der Waals surface area contributed by atoms with Crippen molar-refractivity contribution in [1.82, 2.24) is 4.90 Å². The maximum absolute atomic E-state index is 11.8. The largest absolute Gasteiger partial charge is 0.444 e. The Kier molecular flexibility index (Phi) is 10.5. The molecule has 2 atom stereocenters. The average Bonchev–Trinajstić information content (AvgIpc) is 2.74. The quantitative estimate of drug-likeness (QED) is 0.746. The molecule has 0 aromatic carbocycles. The van der Waals surface area contributed by atoms with Crippen LogP contribution in [0.3, 0.4) is 0 Å². The number of rotatable bonds is 2. The van der Waals surface area contributed by atoms with Crippen LogP contribution in [0.25, 0.3) is 0 Å². The topological polar surface area (TPSA) is 75.8 Å². The van der Waals surface area contributed by atoms with Gasteiger partial charge in [-0.05, 0) is 40.2 Å². The van der Waals surface area contributed by atoms with Gasteiger partial charge in [0, 0.05) is 6.04 Å². The Labute approximate surface area is 122 Å². The number of aliphatic hydroxyl groups is 1. The highest BCUT2D eigenvalue weighted by Gasteiger charge is 2.36. The molecule has 1 saturated heterocycles. The average molecular weight is 282 g/mol. The minimum Gasteiger partial charge on any atom is -0.444 e. The normalized spacial score (nSPS) is 20.9. The monoisotopic (exact) mass is 282 g/mol. The molecule has 0 aromatic rings. The van der Waals surface area contributed by atoms with Crippen molar-refractivity contribution in [2.75, 3.05) is 13.1 Å². The van der Waals surface area contributed by atoms with Crippen molar-refractivity contribution in [2.45, 2.75) is 51.4 Å². The second-order valence-corrected chi connectivity index (χ2v) is 5.25. The fourth-order valence-corrected chi connectivity index (χ4v) is 1.90. The molecule has 0 bridgehead atoms. The number of carbonyl (C=O) groups is 1. The second kappa shape index (κ2) is 10.1. The first-order valence-corrected chi connectivity index (χ1v) is 6.38. The van der Waals surface area contributed by atoms with Gasteiger partial charge in [0.15, 0.2) is 0 Å². The van der Waals surface area contributed by atoms with Crippen LogP contribution in [-0.4, -0.2) is 46.9 Å². The van der Waals surface area contributed by atoms with E-state index in [0.29, 0.717) is 25.9 Å². The Morgan fingerprint density at radius 3 is 2.25 bits per heavy atom. The maximum Gasteiger partial charge on any atom is 0.410 e. The molecule has 0 spiro atoms. The van der Waals surface area contributed by atoms with Gasteiger partial charge in [0.1, 0.15) is 5.60 Å². The minimum atomic E-state index is -0.502. The fraction of sp³-hybridized carbons (Fsp3) is 0.667. The first-order chi connectivity index (χ1) is 9.33. The zero-order valence-electron chi connectivity index (χ0n) is 12.6. The maximum atomic E-state index is 11.8. The van der Waals surface area contributed by atoms with E-state index >= 15 is 0 Å². The third-order valence-electron chi connectivity index (χ3n) is 2.52. The van der Waals surface area contributed by atoms with Crippen LogP contribution in [-0.2, 0) is 4.74 Å². The molecule has 1 heterocycles. The summed E-state index contributed by atoms with van der Waals surface area (Å²) in [5.41, 5.74) is 4.98. The number of nitrogens with zero attached hydrogens (tertiary/aromatic N) is 1. The van der Waals surface area contributed by atoms with E-state index in [9.17, 15) is 9.90 Å². The highest BCUT2D eigenvalue weighted by Crippen LogP contribution is 2.22. The summed E-state index contributed by atoms with van der Waals surface area (Å²) in [6, 6.07) is 0.00912. The van der Waals surface area contributed by atoms with E-state index in [4.69, 9.17) is 10.5 Å². The number of hydrogen-bond acceptors (Lipinski definition) is 4. The Bertz CT molecular complexity index is 312. The molecule has 1 aliphatic heterocycles. The van der Waals surface area contributed by atoms with Gasteiger partial charge in [-0.2, -0.15) is 0 Å². The summed E-state index contributed by atoms with van der Waals surface area (Å²) in [7, 11) is 0. The van der Waals surface area contributed by atoms with E-state index in [1.54, 1.807) is 4.90 Å². The van der Waals surface area contributed by atoms with Crippen LogP contribution in [0.1, 0.15) is 33.6 Å². The number of ether oxygens (including phenoxy) is 1. The highest BCUT2D eigenvalue weighted by molar-refractivity contribution is 5.69. The zero-order chi connectivity index (χ0) is 16.3. The molecule has 1 amide bonds. The molecule has 1 fully saturated rings. The predicted molar refractivity (Wildman–Crippen MR) is 80.8 cm³/mol. The van der Waals surface area contributed by atoms with Gasteiger partial charge in [0.25, 0.3) is 0 Å². The van der Waals surface area contributed by atoms with E-state index in [1.807, 2.05) is 20.8 Å². The molecule has 0 saturated carbocycles. The van der Waals surface area contributed by atoms with Gasteiger partial charge in [-0.1, -0.05) is 0 Å². The van der Waals surface area contributed by atoms with E-state index in [0.717, 1.165) is 0 Å². The van der Waals surface area contributed by atoms with Crippen molar-refractivity contribution in [2.24, 2.45) is 5.73 Å². The summed E-state index contributed by atoms with van der Waals surface area (Å²) in [5, 5.41) is 9.55. The van der Waals surface area contributed by atoms with Gasteiger partial charge in [-0.25, -0.2) is 4.79 Å². The molecular weight excluding hydrogens is 256 g/mol. The van der Waals surface area contributed by atoms with Crippen LogP contribution in [0.15, 0.2) is 0 Å². The second-order valence-electron chi connectivity index (χ2n) is 5.25. The number of likely N-dealkylation sites (tertiary alicyclic amines) is 1. The molecule has 5 heteroatoms. The summed E-state index contributed by atoms with van der Waals surface area (Å²) in [6.45, 7) is 6.34. The molecule has 0 radical (unpaired) electrons. The lowest BCUT2D eigenvalue weighted by atomic mass is 10.1. The third-order valence-corrected chi connectivity index (χ3v) is 2.52. The lowest BCUT2D eigenvalue weighted by Gasteiger charge is -2.28. The van der Waals surface area contributed by atoms with Crippen LogP contribution in [0.4, 0.5) is 4.79 Å². The summed E-state index contributed by atoms with van der Waals surface area (Å²) in [6.07, 6.45) is 16.5. The number of hydrogen-bond donors (Lipinski definition) is 2.